The SMILES string of the molecule is Oc1c(O)c(N(c2cccc(-c3cc4ccccc4c4ccccc34)c2)c2ccc3c(c2)C(c2ccccc2)(c2ccccc2)c2ccccc2-3)c(O)c(O)c1-c1cccc2c1oc1ccccc12. The normalized spacial score (nSPS) is 12.7. The third-order valence-electron chi connectivity index (χ3n) is 14.2. The predicted molar refractivity (Wildman–Crippen MR) is 278 cm³/mol. The highest BCUT2D eigenvalue weighted by atomic mass is 16.3. The van der Waals surface area contributed by atoms with Crippen molar-refractivity contribution in [2.24, 2.45) is 0 Å². The lowest BCUT2D eigenvalue weighted by Gasteiger charge is -2.35. The molecule has 0 atom stereocenters. The lowest BCUT2D eigenvalue weighted by Crippen LogP contribution is -2.28. The van der Waals surface area contributed by atoms with Crippen LogP contribution in [0.4, 0.5) is 17.1 Å². The maximum atomic E-state index is 12.6. The van der Waals surface area contributed by atoms with Gasteiger partial charge in [0.2, 0.25) is 0 Å². The first-order valence-electron chi connectivity index (χ1n) is 23.0. The lowest BCUT2D eigenvalue weighted by molar-refractivity contribution is 0.377. The highest BCUT2D eigenvalue weighted by molar-refractivity contribution is 6.14. The molecule has 12 aromatic rings. The van der Waals surface area contributed by atoms with E-state index in [-0.39, 0.29) is 11.3 Å². The number of furan rings is 1. The molecule has 0 bridgehead atoms. The van der Waals surface area contributed by atoms with E-state index in [0.717, 1.165) is 76.8 Å². The summed E-state index contributed by atoms with van der Waals surface area (Å²) in [7, 11) is 0. The molecule has 11 aromatic carbocycles. The van der Waals surface area contributed by atoms with Crippen LogP contribution in [0.1, 0.15) is 22.3 Å². The first-order chi connectivity index (χ1) is 33.9. The minimum Gasteiger partial charge on any atom is -0.504 e. The molecule has 6 heteroatoms. The van der Waals surface area contributed by atoms with Crippen LogP contribution in [0, 0.1) is 0 Å². The van der Waals surface area contributed by atoms with Gasteiger partial charge in [0.1, 0.15) is 16.9 Å². The second-order valence-corrected chi connectivity index (χ2v) is 17.7. The van der Waals surface area contributed by atoms with Crippen molar-refractivity contribution < 1.29 is 24.8 Å². The van der Waals surface area contributed by atoms with Crippen LogP contribution >= 0.6 is 0 Å². The molecule has 0 radical (unpaired) electrons. The first kappa shape index (κ1) is 40.1. The van der Waals surface area contributed by atoms with Gasteiger partial charge >= 0.3 is 0 Å². The fraction of sp³-hybridized carbons (Fsp3) is 0.0159. The second-order valence-electron chi connectivity index (χ2n) is 17.7. The Morgan fingerprint density at radius 2 is 0.928 bits per heavy atom. The third-order valence-corrected chi connectivity index (χ3v) is 14.2. The van der Waals surface area contributed by atoms with E-state index < -0.39 is 28.4 Å². The Morgan fingerprint density at radius 3 is 1.68 bits per heavy atom. The largest absolute Gasteiger partial charge is 0.504 e. The molecule has 328 valence electrons. The van der Waals surface area contributed by atoms with Gasteiger partial charge in [-0.05, 0) is 102 Å². The molecule has 1 aliphatic carbocycles. The zero-order valence-corrected chi connectivity index (χ0v) is 37.0. The number of para-hydroxylation sites is 2. The maximum absolute atomic E-state index is 12.6. The average Bonchev–Trinajstić information content (AvgIpc) is 3.94. The first-order valence-corrected chi connectivity index (χ1v) is 23.0. The van der Waals surface area contributed by atoms with Gasteiger partial charge in [-0.2, -0.15) is 0 Å². The summed E-state index contributed by atoms with van der Waals surface area (Å²) in [4.78, 5) is 1.73. The molecule has 0 saturated carbocycles. The molecule has 1 aromatic heterocycles. The van der Waals surface area contributed by atoms with Crippen LogP contribution in [0.25, 0.3) is 76.9 Å². The minimum atomic E-state index is -0.772. The molecule has 0 saturated heterocycles. The molecule has 69 heavy (non-hydrogen) atoms. The van der Waals surface area contributed by atoms with Crippen LogP contribution < -0.4 is 4.90 Å². The molecule has 6 nitrogen and oxygen atoms in total. The lowest BCUT2D eigenvalue weighted by atomic mass is 9.67. The summed E-state index contributed by atoms with van der Waals surface area (Å²) in [6.07, 6.45) is 0. The molecule has 1 heterocycles. The van der Waals surface area contributed by atoms with Crippen molar-refractivity contribution in [3.63, 3.8) is 0 Å². The molecule has 1 aliphatic rings. The number of anilines is 3. The summed E-state index contributed by atoms with van der Waals surface area (Å²) < 4.78 is 6.32. The fourth-order valence-electron chi connectivity index (χ4n) is 11.2. The number of hydrogen-bond donors (Lipinski definition) is 4. The van der Waals surface area contributed by atoms with Gasteiger partial charge in [-0.15, -0.1) is 0 Å². The van der Waals surface area contributed by atoms with Gasteiger partial charge in [0.25, 0.3) is 0 Å². The Morgan fingerprint density at radius 1 is 0.362 bits per heavy atom. The summed E-state index contributed by atoms with van der Waals surface area (Å²) >= 11 is 0. The quantitative estimate of drug-likeness (QED) is 0.0723. The van der Waals surface area contributed by atoms with E-state index in [4.69, 9.17) is 4.42 Å². The molecular formula is C63H41NO5. The number of aromatic hydroxyl groups is 4. The molecule has 13 rings (SSSR count). The van der Waals surface area contributed by atoms with Crippen LogP contribution in [0.3, 0.4) is 0 Å². The van der Waals surface area contributed by atoms with Crippen LogP contribution in [-0.4, -0.2) is 20.4 Å². The Kier molecular flexibility index (Phi) is 8.94. The van der Waals surface area contributed by atoms with Gasteiger partial charge in [-0.1, -0.05) is 188 Å². The zero-order chi connectivity index (χ0) is 46.4. The molecule has 0 fully saturated rings. The number of phenolic OH excluding ortho intramolecular Hbond substituents is 4. The predicted octanol–water partition coefficient (Wildman–Crippen LogP) is 15.9. The molecule has 0 spiro atoms. The Labute approximate surface area is 397 Å². The van der Waals surface area contributed by atoms with E-state index >= 15 is 0 Å². The highest BCUT2D eigenvalue weighted by Gasteiger charge is 2.46. The summed E-state index contributed by atoms with van der Waals surface area (Å²) in [5, 5.41) is 55.9. The van der Waals surface area contributed by atoms with Crippen LogP contribution in [0.5, 0.6) is 23.0 Å². The number of hydrogen-bond acceptors (Lipinski definition) is 6. The Hall–Kier alpha value is -9.26. The van der Waals surface area contributed by atoms with Crippen molar-refractivity contribution in [2.75, 3.05) is 4.90 Å². The molecule has 0 unspecified atom stereocenters. The van der Waals surface area contributed by atoms with E-state index in [0.29, 0.717) is 28.1 Å². The van der Waals surface area contributed by atoms with Crippen LogP contribution in [0.15, 0.2) is 229 Å². The van der Waals surface area contributed by atoms with Crippen LogP contribution in [0.2, 0.25) is 0 Å². The Bertz CT molecular complexity index is 3960. The summed E-state index contributed by atoms with van der Waals surface area (Å²) in [5.41, 5.74) is 9.56. The average molecular weight is 892 g/mol. The van der Waals surface area contributed by atoms with Crippen molar-refractivity contribution in [3.05, 3.63) is 247 Å². The van der Waals surface area contributed by atoms with Gasteiger partial charge in [0, 0.05) is 27.7 Å². The third kappa shape index (κ3) is 5.85. The number of nitrogens with zero attached hydrogens (tertiary/aromatic N) is 1. The fourth-order valence-corrected chi connectivity index (χ4v) is 11.2. The molecule has 0 amide bonds. The Balaban J connectivity index is 1.09. The van der Waals surface area contributed by atoms with E-state index in [1.54, 1.807) is 17.0 Å². The topological polar surface area (TPSA) is 97.3 Å². The summed E-state index contributed by atoms with van der Waals surface area (Å²) in [6.45, 7) is 0. The molecular weight excluding hydrogens is 851 g/mol. The smallest absolute Gasteiger partial charge is 0.186 e. The van der Waals surface area contributed by atoms with Gasteiger partial charge in [0.15, 0.2) is 23.0 Å². The van der Waals surface area contributed by atoms with Crippen molar-refractivity contribution in [1.82, 2.24) is 0 Å². The number of fused-ring (bicyclic) bond motifs is 9. The monoisotopic (exact) mass is 891 g/mol. The standard InChI is InChI=1S/C63H41NO5/c65-58-56(51-30-16-29-50-49-28-12-14-32-55(49)69-62(50)51)59(66)61(68)57(60(58)67)64(42-23-15-18-38(35-42)52-36-39-17-7-8-24-44(39)45-25-9-10-26-46(45)52)43-33-34-48-47-27-11-13-31-53(47)63(54(48)37-43,40-19-3-1-4-20-40)41-21-5-2-6-22-41/h1-37,65-68H. The zero-order valence-electron chi connectivity index (χ0n) is 37.0. The summed E-state index contributed by atoms with van der Waals surface area (Å²) in [5.74, 6) is -2.50. The number of rotatable bonds is 7. The molecule has 4 N–H and O–H groups in total. The van der Waals surface area contributed by atoms with E-state index in [9.17, 15) is 20.4 Å². The van der Waals surface area contributed by atoms with Gasteiger partial charge < -0.3 is 29.7 Å². The summed E-state index contributed by atoms with van der Waals surface area (Å²) in [6, 6.07) is 75.4. The van der Waals surface area contributed by atoms with Crippen molar-refractivity contribution in [3.8, 4) is 56.4 Å². The number of phenols is 4. The van der Waals surface area contributed by atoms with Gasteiger partial charge in [-0.3, -0.25) is 0 Å². The second kappa shape index (κ2) is 15.4. The highest BCUT2D eigenvalue weighted by Crippen LogP contribution is 2.61. The van der Waals surface area contributed by atoms with Crippen LogP contribution in [-0.2, 0) is 5.41 Å². The minimum absolute atomic E-state index is 0.161. The van der Waals surface area contributed by atoms with Gasteiger partial charge in [0.05, 0.1) is 11.0 Å². The van der Waals surface area contributed by atoms with E-state index in [1.807, 2.05) is 78.9 Å². The van der Waals surface area contributed by atoms with Crippen molar-refractivity contribution in [1.29, 1.82) is 0 Å². The van der Waals surface area contributed by atoms with E-state index in [2.05, 4.69) is 133 Å². The van der Waals surface area contributed by atoms with Gasteiger partial charge in [-0.25, -0.2) is 0 Å². The van der Waals surface area contributed by atoms with Crippen molar-refractivity contribution in [2.45, 2.75) is 5.41 Å². The van der Waals surface area contributed by atoms with Crippen molar-refractivity contribution >= 4 is 60.5 Å². The van der Waals surface area contributed by atoms with E-state index in [1.165, 1.54) is 0 Å². The number of benzene rings is 11. The maximum Gasteiger partial charge on any atom is 0.186 e. The molecule has 0 aliphatic heterocycles.